The van der Waals surface area contributed by atoms with Crippen molar-refractivity contribution < 1.29 is 13.5 Å². The Morgan fingerprint density at radius 2 is 2.30 bits per heavy atom. The third-order valence-corrected chi connectivity index (χ3v) is 1.37. The molecule has 0 aromatic heterocycles. The minimum atomic E-state index is -2.23. The SMILES string of the molecule is CN(CC(F)F)C[C@H]1CO1. The zero-order chi connectivity index (χ0) is 7.56. The number of alkyl halides is 2. The molecule has 1 aliphatic heterocycles. The Balaban J connectivity index is 2.02. The molecule has 1 saturated heterocycles. The molecule has 1 aliphatic rings. The maximum absolute atomic E-state index is 11.7. The fourth-order valence-corrected chi connectivity index (χ4v) is 0.831. The minimum absolute atomic E-state index is 0.153. The zero-order valence-electron chi connectivity index (χ0n) is 5.89. The lowest BCUT2D eigenvalue weighted by Crippen LogP contribution is -2.28. The van der Waals surface area contributed by atoms with Crippen LogP contribution in [-0.2, 0) is 4.74 Å². The molecule has 4 heteroatoms. The maximum atomic E-state index is 11.7. The lowest BCUT2D eigenvalue weighted by molar-refractivity contribution is 0.0971. The molecule has 1 rings (SSSR count). The van der Waals surface area contributed by atoms with Gasteiger partial charge in [-0.2, -0.15) is 0 Å². The number of hydrogen-bond donors (Lipinski definition) is 0. The Kier molecular flexibility index (Phi) is 2.56. The van der Waals surface area contributed by atoms with Crippen molar-refractivity contribution >= 4 is 0 Å². The highest BCUT2D eigenvalue weighted by molar-refractivity contribution is 4.72. The van der Waals surface area contributed by atoms with Crippen molar-refractivity contribution in [3.05, 3.63) is 0 Å². The summed E-state index contributed by atoms with van der Waals surface area (Å²) in [6, 6.07) is 0. The van der Waals surface area contributed by atoms with Gasteiger partial charge in [-0.25, -0.2) is 8.78 Å². The van der Waals surface area contributed by atoms with Gasteiger partial charge in [0.05, 0.1) is 19.3 Å². The average molecular weight is 151 g/mol. The third kappa shape index (κ3) is 3.08. The molecular formula is C6H11F2NO. The Labute approximate surface area is 58.8 Å². The number of likely N-dealkylation sites (N-methyl/N-ethyl adjacent to an activating group) is 1. The molecule has 0 unspecified atom stereocenters. The van der Waals surface area contributed by atoms with Gasteiger partial charge in [-0.15, -0.1) is 0 Å². The maximum Gasteiger partial charge on any atom is 0.251 e. The summed E-state index contributed by atoms with van der Waals surface area (Å²) in [6.45, 7) is 1.21. The second-order valence-electron chi connectivity index (χ2n) is 2.57. The van der Waals surface area contributed by atoms with Crippen LogP contribution in [0.1, 0.15) is 0 Å². The molecule has 0 aromatic carbocycles. The van der Waals surface area contributed by atoms with Crippen LogP contribution < -0.4 is 0 Å². The first-order chi connectivity index (χ1) is 4.68. The molecule has 2 nitrogen and oxygen atoms in total. The summed E-state index contributed by atoms with van der Waals surface area (Å²) >= 11 is 0. The number of epoxide rings is 1. The number of nitrogens with zero attached hydrogens (tertiary/aromatic N) is 1. The molecule has 0 saturated carbocycles. The topological polar surface area (TPSA) is 15.8 Å². The van der Waals surface area contributed by atoms with Crippen molar-refractivity contribution in [2.24, 2.45) is 0 Å². The van der Waals surface area contributed by atoms with E-state index in [1.54, 1.807) is 11.9 Å². The Morgan fingerprint density at radius 1 is 1.70 bits per heavy atom. The van der Waals surface area contributed by atoms with Gasteiger partial charge >= 0.3 is 0 Å². The molecule has 0 bridgehead atoms. The second kappa shape index (κ2) is 3.25. The molecule has 0 N–H and O–H groups in total. The van der Waals surface area contributed by atoms with E-state index in [4.69, 9.17) is 4.74 Å². The van der Waals surface area contributed by atoms with Gasteiger partial charge in [0.15, 0.2) is 0 Å². The van der Waals surface area contributed by atoms with Crippen LogP contribution in [0.15, 0.2) is 0 Å². The van der Waals surface area contributed by atoms with Gasteiger partial charge in [-0.1, -0.05) is 0 Å². The Morgan fingerprint density at radius 3 is 2.70 bits per heavy atom. The van der Waals surface area contributed by atoms with Crippen molar-refractivity contribution in [1.82, 2.24) is 4.90 Å². The van der Waals surface area contributed by atoms with Gasteiger partial charge in [0.2, 0.25) is 0 Å². The predicted octanol–water partition coefficient (Wildman–Crippen LogP) is 0.582. The summed E-state index contributed by atoms with van der Waals surface area (Å²) in [5, 5.41) is 0. The van der Waals surface area contributed by atoms with Crippen LogP contribution in [0.25, 0.3) is 0 Å². The number of ether oxygens (including phenoxy) is 1. The van der Waals surface area contributed by atoms with Crippen LogP contribution in [-0.4, -0.2) is 44.2 Å². The van der Waals surface area contributed by atoms with Gasteiger partial charge in [0.25, 0.3) is 6.43 Å². The van der Waals surface area contributed by atoms with Gasteiger partial charge in [0, 0.05) is 6.54 Å². The molecule has 1 heterocycles. The van der Waals surface area contributed by atoms with Gasteiger partial charge < -0.3 is 4.74 Å². The second-order valence-corrected chi connectivity index (χ2v) is 2.57. The van der Waals surface area contributed by atoms with Crippen molar-refractivity contribution in [2.45, 2.75) is 12.5 Å². The highest BCUT2D eigenvalue weighted by atomic mass is 19.3. The summed E-state index contributed by atoms with van der Waals surface area (Å²) in [5.41, 5.74) is 0. The molecule has 60 valence electrons. The van der Waals surface area contributed by atoms with Crippen LogP contribution in [0.5, 0.6) is 0 Å². The fourth-order valence-electron chi connectivity index (χ4n) is 0.831. The van der Waals surface area contributed by atoms with Crippen molar-refractivity contribution in [1.29, 1.82) is 0 Å². The van der Waals surface area contributed by atoms with Crippen molar-refractivity contribution in [3.63, 3.8) is 0 Å². The van der Waals surface area contributed by atoms with Gasteiger partial charge in [0.1, 0.15) is 0 Å². The van der Waals surface area contributed by atoms with E-state index in [1.807, 2.05) is 0 Å². The predicted molar refractivity (Wildman–Crippen MR) is 33.2 cm³/mol. The minimum Gasteiger partial charge on any atom is -0.372 e. The highest BCUT2D eigenvalue weighted by Crippen LogP contribution is 2.10. The number of halogens is 2. The molecular weight excluding hydrogens is 140 g/mol. The quantitative estimate of drug-likeness (QED) is 0.546. The van der Waals surface area contributed by atoms with Crippen LogP contribution in [0, 0.1) is 0 Å². The monoisotopic (exact) mass is 151 g/mol. The van der Waals surface area contributed by atoms with E-state index in [2.05, 4.69) is 0 Å². The molecule has 10 heavy (non-hydrogen) atoms. The Hall–Kier alpha value is -0.220. The van der Waals surface area contributed by atoms with E-state index in [9.17, 15) is 8.78 Å². The zero-order valence-corrected chi connectivity index (χ0v) is 5.89. The first kappa shape index (κ1) is 7.88. The van der Waals surface area contributed by atoms with Crippen LogP contribution >= 0.6 is 0 Å². The molecule has 0 spiro atoms. The summed E-state index contributed by atoms with van der Waals surface area (Å²) < 4.78 is 28.2. The summed E-state index contributed by atoms with van der Waals surface area (Å²) in [7, 11) is 1.67. The van der Waals surface area contributed by atoms with Crippen LogP contribution in [0.4, 0.5) is 8.78 Å². The highest BCUT2D eigenvalue weighted by Gasteiger charge is 2.24. The summed E-state index contributed by atoms with van der Waals surface area (Å²) in [4.78, 5) is 1.59. The van der Waals surface area contributed by atoms with Gasteiger partial charge in [-0.3, -0.25) is 4.90 Å². The largest absolute Gasteiger partial charge is 0.372 e. The molecule has 1 atom stereocenters. The van der Waals surface area contributed by atoms with Crippen molar-refractivity contribution in [3.8, 4) is 0 Å². The summed E-state index contributed by atoms with van der Waals surface area (Å²) in [6.07, 6.45) is -2.02. The third-order valence-electron chi connectivity index (χ3n) is 1.37. The van der Waals surface area contributed by atoms with E-state index in [0.717, 1.165) is 6.61 Å². The summed E-state index contributed by atoms with van der Waals surface area (Å²) in [5.74, 6) is 0. The molecule has 0 aromatic rings. The van der Waals surface area contributed by atoms with E-state index in [-0.39, 0.29) is 12.6 Å². The number of rotatable bonds is 4. The smallest absolute Gasteiger partial charge is 0.251 e. The van der Waals surface area contributed by atoms with Gasteiger partial charge in [-0.05, 0) is 7.05 Å². The standard InChI is InChI=1S/C6H11F2NO/c1-9(3-6(7)8)2-5-4-10-5/h5-6H,2-4H2,1H3/t5-/m0/s1. The van der Waals surface area contributed by atoms with Crippen molar-refractivity contribution in [2.75, 3.05) is 26.7 Å². The molecule has 0 radical (unpaired) electrons. The average Bonchev–Trinajstić information content (AvgIpc) is 2.46. The molecule has 0 aliphatic carbocycles. The van der Waals surface area contributed by atoms with E-state index >= 15 is 0 Å². The Bertz CT molecular complexity index is 102. The van der Waals surface area contributed by atoms with E-state index in [1.165, 1.54) is 0 Å². The molecule has 0 amide bonds. The lowest BCUT2D eigenvalue weighted by atomic mass is 10.4. The lowest BCUT2D eigenvalue weighted by Gasteiger charge is -2.13. The van der Waals surface area contributed by atoms with Crippen LogP contribution in [0.3, 0.4) is 0 Å². The van der Waals surface area contributed by atoms with E-state index in [0.29, 0.717) is 6.54 Å². The van der Waals surface area contributed by atoms with Crippen LogP contribution in [0.2, 0.25) is 0 Å². The first-order valence-corrected chi connectivity index (χ1v) is 3.27. The van der Waals surface area contributed by atoms with E-state index < -0.39 is 6.43 Å². The fraction of sp³-hybridized carbons (Fsp3) is 1.00. The number of hydrogen-bond acceptors (Lipinski definition) is 2. The molecule has 1 fully saturated rings. The first-order valence-electron chi connectivity index (χ1n) is 3.27. The normalized spacial score (nSPS) is 24.3.